The van der Waals surface area contributed by atoms with Crippen LogP contribution in [0.5, 0.6) is 0 Å². The number of nitrogens with one attached hydrogen (secondary N) is 2. The van der Waals surface area contributed by atoms with Gasteiger partial charge in [-0.1, -0.05) is 15.9 Å². The Bertz CT molecular complexity index is 657. The van der Waals surface area contributed by atoms with Gasteiger partial charge in [-0.2, -0.15) is 4.98 Å². The lowest BCUT2D eigenvalue weighted by Crippen LogP contribution is -2.06. The molecule has 0 unspecified atom stereocenters. The summed E-state index contributed by atoms with van der Waals surface area (Å²) in [5.74, 6) is 0.501. The third kappa shape index (κ3) is 3.88. The number of anilines is 3. The number of nitro groups is 1. The summed E-state index contributed by atoms with van der Waals surface area (Å²) in [4.78, 5) is 18.6. The van der Waals surface area contributed by atoms with Crippen LogP contribution in [0.1, 0.15) is 12.5 Å². The molecule has 0 aliphatic rings. The molecule has 0 radical (unpaired) electrons. The molecule has 2 N–H and O–H groups in total. The summed E-state index contributed by atoms with van der Waals surface area (Å²) in [5.41, 5.74) is 1.57. The van der Waals surface area contributed by atoms with Gasteiger partial charge in [-0.05, 0) is 37.6 Å². The van der Waals surface area contributed by atoms with Crippen molar-refractivity contribution < 1.29 is 4.92 Å². The van der Waals surface area contributed by atoms with Crippen molar-refractivity contribution >= 4 is 39.1 Å². The summed E-state index contributed by atoms with van der Waals surface area (Å²) in [6.45, 7) is 4.47. The normalized spacial score (nSPS) is 10.2. The summed E-state index contributed by atoms with van der Waals surface area (Å²) < 4.78 is 0.883. The number of rotatable bonds is 5. The SMILES string of the molecule is CCNc1ncc([N+](=O)[O-])c(Nc2cc(C)cc(Br)c2)n1. The van der Waals surface area contributed by atoms with Crippen molar-refractivity contribution in [3.8, 4) is 0 Å². The largest absolute Gasteiger partial charge is 0.354 e. The second kappa shape index (κ2) is 6.49. The molecule has 0 aliphatic heterocycles. The van der Waals surface area contributed by atoms with Crippen molar-refractivity contribution in [2.45, 2.75) is 13.8 Å². The molecule has 1 aromatic heterocycles. The predicted molar refractivity (Wildman–Crippen MR) is 85.0 cm³/mol. The number of nitrogens with zero attached hydrogens (tertiary/aromatic N) is 3. The summed E-state index contributed by atoms with van der Waals surface area (Å²) in [6.07, 6.45) is 1.19. The highest BCUT2D eigenvalue weighted by atomic mass is 79.9. The molecule has 0 fully saturated rings. The van der Waals surface area contributed by atoms with Gasteiger partial charge >= 0.3 is 5.69 Å². The second-order valence-corrected chi connectivity index (χ2v) is 5.27. The summed E-state index contributed by atoms with van der Waals surface area (Å²) >= 11 is 3.39. The van der Waals surface area contributed by atoms with E-state index in [9.17, 15) is 10.1 Å². The molecule has 1 heterocycles. The average molecular weight is 352 g/mol. The maximum atomic E-state index is 11.1. The van der Waals surface area contributed by atoms with E-state index in [4.69, 9.17) is 0 Å². The fourth-order valence-electron chi connectivity index (χ4n) is 1.79. The molecule has 21 heavy (non-hydrogen) atoms. The first kappa shape index (κ1) is 15.2. The number of aromatic nitrogens is 2. The molecule has 0 atom stereocenters. The molecule has 2 rings (SSSR count). The van der Waals surface area contributed by atoms with Crippen LogP contribution in [0.4, 0.5) is 23.1 Å². The Morgan fingerprint density at radius 1 is 1.38 bits per heavy atom. The zero-order valence-electron chi connectivity index (χ0n) is 11.6. The van der Waals surface area contributed by atoms with Gasteiger partial charge in [-0.15, -0.1) is 0 Å². The number of halogens is 1. The van der Waals surface area contributed by atoms with E-state index in [1.54, 1.807) is 0 Å². The predicted octanol–water partition coefficient (Wildman–Crippen LogP) is 3.63. The minimum absolute atomic E-state index is 0.156. The third-order valence-corrected chi connectivity index (χ3v) is 3.06. The van der Waals surface area contributed by atoms with E-state index in [0.717, 1.165) is 10.0 Å². The number of aryl methyl sites for hydroxylation is 1. The molecular formula is C13H14BrN5O2. The smallest absolute Gasteiger partial charge is 0.329 e. The van der Waals surface area contributed by atoms with Gasteiger partial charge in [0.25, 0.3) is 0 Å². The van der Waals surface area contributed by atoms with Crippen LogP contribution < -0.4 is 10.6 Å². The monoisotopic (exact) mass is 351 g/mol. The van der Waals surface area contributed by atoms with E-state index in [1.165, 1.54) is 6.20 Å². The van der Waals surface area contributed by atoms with Crippen LogP contribution in [0.25, 0.3) is 0 Å². The Labute approximate surface area is 130 Å². The van der Waals surface area contributed by atoms with Crippen molar-refractivity contribution in [1.29, 1.82) is 0 Å². The summed E-state index contributed by atoms with van der Waals surface area (Å²) in [7, 11) is 0. The maximum absolute atomic E-state index is 11.1. The summed E-state index contributed by atoms with van der Waals surface area (Å²) in [6, 6.07) is 5.65. The van der Waals surface area contributed by atoms with Crippen molar-refractivity contribution in [3.63, 3.8) is 0 Å². The van der Waals surface area contributed by atoms with Crippen molar-refractivity contribution in [1.82, 2.24) is 9.97 Å². The van der Waals surface area contributed by atoms with Gasteiger partial charge in [0.05, 0.1) is 4.92 Å². The van der Waals surface area contributed by atoms with Crippen LogP contribution >= 0.6 is 15.9 Å². The highest BCUT2D eigenvalue weighted by Crippen LogP contribution is 2.27. The first-order valence-electron chi connectivity index (χ1n) is 6.29. The molecule has 110 valence electrons. The maximum Gasteiger partial charge on any atom is 0.329 e. The first-order valence-corrected chi connectivity index (χ1v) is 7.08. The highest BCUT2D eigenvalue weighted by Gasteiger charge is 2.17. The zero-order valence-corrected chi connectivity index (χ0v) is 13.1. The fraction of sp³-hybridized carbons (Fsp3) is 0.231. The zero-order chi connectivity index (χ0) is 15.4. The highest BCUT2D eigenvalue weighted by molar-refractivity contribution is 9.10. The minimum atomic E-state index is -0.511. The quantitative estimate of drug-likeness (QED) is 0.631. The molecule has 8 heteroatoms. The van der Waals surface area contributed by atoms with Crippen LogP contribution in [0.2, 0.25) is 0 Å². The molecule has 0 saturated heterocycles. The van der Waals surface area contributed by atoms with Crippen molar-refractivity contribution in [2.24, 2.45) is 0 Å². The van der Waals surface area contributed by atoms with Gasteiger partial charge < -0.3 is 10.6 Å². The van der Waals surface area contributed by atoms with E-state index >= 15 is 0 Å². The lowest BCUT2D eigenvalue weighted by molar-refractivity contribution is -0.384. The van der Waals surface area contributed by atoms with Crippen molar-refractivity contribution in [2.75, 3.05) is 17.2 Å². The molecular weight excluding hydrogens is 338 g/mol. The molecule has 0 aliphatic carbocycles. The molecule has 7 nitrogen and oxygen atoms in total. The molecule has 2 aromatic rings. The lowest BCUT2D eigenvalue weighted by Gasteiger charge is -2.09. The van der Waals surface area contributed by atoms with Crippen LogP contribution in [0.15, 0.2) is 28.9 Å². The van der Waals surface area contributed by atoms with E-state index in [2.05, 4.69) is 36.5 Å². The second-order valence-electron chi connectivity index (χ2n) is 4.36. The fourth-order valence-corrected chi connectivity index (χ4v) is 2.40. The van der Waals surface area contributed by atoms with Gasteiger partial charge in [-0.3, -0.25) is 10.1 Å². The van der Waals surface area contributed by atoms with Crippen molar-refractivity contribution in [3.05, 3.63) is 44.5 Å². The van der Waals surface area contributed by atoms with Gasteiger partial charge in [0.2, 0.25) is 11.8 Å². The van der Waals surface area contributed by atoms with E-state index < -0.39 is 4.92 Å². The first-order chi connectivity index (χ1) is 9.99. The third-order valence-electron chi connectivity index (χ3n) is 2.61. The minimum Gasteiger partial charge on any atom is -0.354 e. The van der Waals surface area contributed by atoms with E-state index in [-0.39, 0.29) is 11.5 Å². The number of hydrogen-bond acceptors (Lipinski definition) is 6. The molecule has 0 saturated carbocycles. The molecule has 0 spiro atoms. The standard InChI is InChI=1S/C13H14BrN5O2/c1-3-15-13-16-7-11(19(20)21)12(18-13)17-10-5-8(2)4-9(14)6-10/h4-7H,3H2,1-2H3,(H2,15,16,17,18). The Morgan fingerprint density at radius 3 is 2.76 bits per heavy atom. The Morgan fingerprint density at radius 2 is 2.14 bits per heavy atom. The van der Waals surface area contributed by atoms with Crippen LogP contribution in [0, 0.1) is 17.0 Å². The summed E-state index contributed by atoms with van der Waals surface area (Å²) in [5, 5.41) is 17.0. The Kier molecular flexibility index (Phi) is 4.69. The van der Waals surface area contributed by atoms with Crippen LogP contribution in [-0.4, -0.2) is 21.4 Å². The van der Waals surface area contributed by atoms with Crippen LogP contribution in [-0.2, 0) is 0 Å². The van der Waals surface area contributed by atoms with Gasteiger partial charge in [-0.25, -0.2) is 4.98 Å². The Balaban J connectivity index is 2.40. The number of hydrogen-bond donors (Lipinski definition) is 2. The van der Waals surface area contributed by atoms with E-state index in [0.29, 0.717) is 18.2 Å². The molecule has 1 aromatic carbocycles. The van der Waals surface area contributed by atoms with E-state index in [1.807, 2.05) is 32.0 Å². The topological polar surface area (TPSA) is 93.0 Å². The molecule has 0 amide bonds. The van der Waals surface area contributed by atoms with Gasteiger partial charge in [0, 0.05) is 16.7 Å². The Hall–Kier alpha value is -2.22. The lowest BCUT2D eigenvalue weighted by atomic mass is 10.2. The number of benzene rings is 1. The van der Waals surface area contributed by atoms with Gasteiger partial charge in [0.15, 0.2) is 0 Å². The van der Waals surface area contributed by atoms with Crippen LogP contribution in [0.3, 0.4) is 0 Å². The van der Waals surface area contributed by atoms with Gasteiger partial charge in [0.1, 0.15) is 6.20 Å². The average Bonchev–Trinajstić information content (AvgIpc) is 2.37. The molecule has 0 bridgehead atoms.